The fourth-order valence-corrected chi connectivity index (χ4v) is 0.743. The van der Waals surface area contributed by atoms with Gasteiger partial charge in [-0.15, -0.1) is 0 Å². The smallest absolute Gasteiger partial charge is 0.0431 e. The van der Waals surface area contributed by atoms with Crippen LogP contribution in [0.15, 0.2) is 24.8 Å². The summed E-state index contributed by atoms with van der Waals surface area (Å²) in [6.07, 6.45) is 10.2. The molecule has 0 aromatic heterocycles. The van der Waals surface area contributed by atoms with Gasteiger partial charge in [0.2, 0.25) is 0 Å². The molecule has 0 atom stereocenters. The molecular formula is C9H16O. The number of unbranched alkanes of at least 4 members (excludes halogenated alkanes) is 3. The molecule has 0 aliphatic carbocycles. The second-order valence-corrected chi connectivity index (χ2v) is 2.24. The van der Waals surface area contributed by atoms with Gasteiger partial charge in [-0.2, -0.15) is 0 Å². The molecule has 1 heteroatoms. The van der Waals surface area contributed by atoms with Crippen molar-refractivity contribution < 1.29 is 5.11 Å². The molecule has 0 unspecified atom stereocenters. The third-order valence-electron chi connectivity index (χ3n) is 1.30. The summed E-state index contributed by atoms with van der Waals surface area (Å²) in [6.45, 7) is 3.89. The summed E-state index contributed by atoms with van der Waals surface area (Å²) < 4.78 is 0. The maximum absolute atomic E-state index is 8.43. The molecule has 10 heavy (non-hydrogen) atoms. The average molecular weight is 140 g/mol. The molecule has 0 amide bonds. The van der Waals surface area contributed by atoms with Crippen molar-refractivity contribution in [3.05, 3.63) is 24.8 Å². The standard InChI is InChI=1S/C9H16O/c1-2-3-4-5-6-7-8-9-10/h2-4,10H,1,5-9H2/b4-3+. The van der Waals surface area contributed by atoms with Crippen LogP contribution in [0.5, 0.6) is 0 Å². The Morgan fingerprint density at radius 3 is 2.60 bits per heavy atom. The Balaban J connectivity index is 2.90. The van der Waals surface area contributed by atoms with Crippen LogP contribution in [-0.4, -0.2) is 11.7 Å². The monoisotopic (exact) mass is 140 g/mol. The van der Waals surface area contributed by atoms with Gasteiger partial charge in [0.1, 0.15) is 0 Å². The average Bonchev–Trinajstić information content (AvgIpc) is 1.97. The highest BCUT2D eigenvalue weighted by atomic mass is 16.2. The van der Waals surface area contributed by atoms with Crippen LogP contribution in [-0.2, 0) is 0 Å². The van der Waals surface area contributed by atoms with E-state index in [0.29, 0.717) is 6.61 Å². The van der Waals surface area contributed by atoms with E-state index in [1.54, 1.807) is 6.08 Å². The maximum Gasteiger partial charge on any atom is 0.0431 e. The first-order chi connectivity index (χ1) is 4.91. The summed E-state index contributed by atoms with van der Waals surface area (Å²) in [5, 5.41) is 8.43. The van der Waals surface area contributed by atoms with Crippen molar-refractivity contribution in [1.82, 2.24) is 0 Å². The Kier molecular flexibility index (Phi) is 7.97. The zero-order valence-corrected chi connectivity index (χ0v) is 6.42. The van der Waals surface area contributed by atoms with E-state index in [4.69, 9.17) is 5.11 Å². The molecule has 0 rings (SSSR count). The molecule has 0 aromatic rings. The molecule has 0 radical (unpaired) electrons. The lowest BCUT2D eigenvalue weighted by molar-refractivity contribution is 0.283. The lowest BCUT2D eigenvalue weighted by atomic mass is 10.2. The molecule has 0 bridgehead atoms. The lowest BCUT2D eigenvalue weighted by Gasteiger charge is -1.92. The second kappa shape index (κ2) is 8.44. The highest BCUT2D eigenvalue weighted by Crippen LogP contribution is 1.99. The molecule has 0 fully saturated rings. The highest BCUT2D eigenvalue weighted by Gasteiger charge is 1.83. The van der Waals surface area contributed by atoms with Crippen LogP contribution in [0.25, 0.3) is 0 Å². The number of allylic oxidation sites excluding steroid dienone is 3. The van der Waals surface area contributed by atoms with Gasteiger partial charge < -0.3 is 5.11 Å². The van der Waals surface area contributed by atoms with E-state index >= 15 is 0 Å². The van der Waals surface area contributed by atoms with Gasteiger partial charge in [0.05, 0.1) is 0 Å². The van der Waals surface area contributed by atoms with Crippen molar-refractivity contribution in [2.24, 2.45) is 0 Å². The van der Waals surface area contributed by atoms with Crippen molar-refractivity contribution in [2.75, 3.05) is 6.61 Å². The zero-order chi connectivity index (χ0) is 7.66. The first-order valence-corrected chi connectivity index (χ1v) is 3.80. The highest BCUT2D eigenvalue weighted by molar-refractivity contribution is 4.96. The fraction of sp³-hybridized carbons (Fsp3) is 0.556. The number of aliphatic hydroxyl groups is 1. The Bertz CT molecular complexity index is 94.9. The Hall–Kier alpha value is -0.560. The van der Waals surface area contributed by atoms with E-state index in [2.05, 4.69) is 12.7 Å². The molecule has 0 saturated carbocycles. The van der Waals surface area contributed by atoms with Gasteiger partial charge in [-0.3, -0.25) is 0 Å². The molecule has 1 nitrogen and oxygen atoms in total. The van der Waals surface area contributed by atoms with E-state index in [-0.39, 0.29) is 0 Å². The first-order valence-electron chi connectivity index (χ1n) is 3.80. The number of hydrogen-bond donors (Lipinski definition) is 1. The summed E-state index contributed by atoms with van der Waals surface area (Å²) in [5.41, 5.74) is 0. The molecule has 0 aromatic carbocycles. The quantitative estimate of drug-likeness (QED) is 0.443. The third-order valence-corrected chi connectivity index (χ3v) is 1.30. The summed E-state index contributed by atoms with van der Waals surface area (Å²) in [4.78, 5) is 0. The molecule has 0 heterocycles. The molecule has 0 spiro atoms. The number of rotatable bonds is 6. The molecule has 0 saturated heterocycles. The second-order valence-electron chi connectivity index (χ2n) is 2.24. The SMILES string of the molecule is C=C/C=C/CCCCCO. The lowest BCUT2D eigenvalue weighted by Crippen LogP contribution is -1.81. The van der Waals surface area contributed by atoms with Crippen molar-refractivity contribution >= 4 is 0 Å². The molecule has 0 aliphatic rings. The Labute approximate surface area is 63.1 Å². The first kappa shape index (κ1) is 9.44. The van der Waals surface area contributed by atoms with Crippen LogP contribution in [0.4, 0.5) is 0 Å². The summed E-state index contributed by atoms with van der Waals surface area (Å²) in [6, 6.07) is 0. The van der Waals surface area contributed by atoms with Gasteiger partial charge in [0.15, 0.2) is 0 Å². The van der Waals surface area contributed by atoms with E-state index in [1.807, 2.05) is 6.08 Å². The minimum absolute atomic E-state index is 0.325. The minimum atomic E-state index is 0.325. The van der Waals surface area contributed by atoms with E-state index in [0.717, 1.165) is 19.3 Å². The predicted octanol–water partition coefficient (Wildman–Crippen LogP) is 2.28. The zero-order valence-electron chi connectivity index (χ0n) is 6.42. The number of hydrogen-bond acceptors (Lipinski definition) is 1. The van der Waals surface area contributed by atoms with Crippen LogP contribution in [0.1, 0.15) is 25.7 Å². The van der Waals surface area contributed by atoms with E-state index in [1.165, 1.54) is 6.42 Å². The normalized spacial score (nSPS) is 10.5. The topological polar surface area (TPSA) is 20.2 Å². The molecular weight excluding hydrogens is 124 g/mol. The van der Waals surface area contributed by atoms with Crippen LogP contribution in [0.3, 0.4) is 0 Å². The van der Waals surface area contributed by atoms with Gasteiger partial charge in [0, 0.05) is 6.61 Å². The van der Waals surface area contributed by atoms with Gasteiger partial charge in [-0.05, 0) is 19.3 Å². The summed E-state index contributed by atoms with van der Waals surface area (Å²) in [7, 11) is 0. The summed E-state index contributed by atoms with van der Waals surface area (Å²) >= 11 is 0. The van der Waals surface area contributed by atoms with Crippen LogP contribution in [0, 0.1) is 0 Å². The van der Waals surface area contributed by atoms with Crippen molar-refractivity contribution in [3.63, 3.8) is 0 Å². The minimum Gasteiger partial charge on any atom is -0.396 e. The Morgan fingerprint density at radius 2 is 2.00 bits per heavy atom. The van der Waals surface area contributed by atoms with E-state index < -0.39 is 0 Å². The number of aliphatic hydroxyl groups excluding tert-OH is 1. The third kappa shape index (κ3) is 7.44. The van der Waals surface area contributed by atoms with Gasteiger partial charge in [-0.25, -0.2) is 0 Å². The molecule has 1 N–H and O–H groups in total. The molecule has 0 aliphatic heterocycles. The van der Waals surface area contributed by atoms with E-state index in [9.17, 15) is 0 Å². The van der Waals surface area contributed by atoms with Crippen molar-refractivity contribution in [2.45, 2.75) is 25.7 Å². The van der Waals surface area contributed by atoms with Crippen LogP contribution in [0.2, 0.25) is 0 Å². The van der Waals surface area contributed by atoms with Gasteiger partial charge in [-0.1, -0.05) is 31.2 Å². The van der Waals surface area contributed by atoms with Crippen LogP contribution < -0.4 is 0 Å². The van der Waals surface area contributed by atoms with Crippen molar-refractivity contribution in [3.8, 4) is 0 Å². The van der Waals surface area contributed by atoms with Crippen molar-refractivity contribution in [1.29, 1.82) is 0 Å². The largest absolute Gasteiger partial charge is 0.396 e. The maximum atomic E-state index is 8.43. The predicted molar refractivity (Wildman–Crippen MR) is 44.9 cm³/mol. The van der Waals surface area contributed by atoms with Gasteiger partial charge >= 0.3 is 0 Å². The summed E-state index contributed by atoms with van der Waals surface area (Å²) in [5.74, 6) is 0. The molecule has 58 valence electrons. The van der Waals surface area contributed by atoms with Gasteiger partial charge in [0.25, 0.3) is 0 Å². The van der Waals surface area contributed by atoms with Crippen LogP contribution >= 0.6 is 0 Å². The Morgan fingerprint density at radius 1 is 1.20 bits per heavy atom. The fourth-order valence-electron chi connectivity index (χ4n) is 0.743.